The zero-order chi connectivity index (χ0) is 13.5. The van der Waals surface area contributed by atoms with Crippen molar-refractivity contribution in [2.45, 2.75) is 6.04 Å². The normalized spacial score (nSPS) is 12.1. The molecule has 1 aromatic rings. The summed E-state index contributed by atoms with van der Waals surface area (Å²) in [4.78, 5) is 11.0. The summed E-state index contributed by atoms with van der Waals surface area (Å²) in [5, 5.41) is 0. The molecule has 7 nitrogen and oxygen atoms in total. The first-order chi connectivity index (χ1) is 7.75. The highest BCUT2D eigenvalue weighted by atomic mass is 35.7. The molecule has 0 radical (unpaired) electrons. The van der Waals surface area contributed by atoms with E-state index < -0.39 is 16.3 Å². The summed E-state index contributed by atoms with van der Waals surface area (Å²) < 4.78 is 38.5. The maximum absolute atomic E-state index is 11.0. The fourth-order valence-electron chi connectivity index (χ4n) is 0.964. The monoisotopic (exact) mass is 265 g/mol. The molecule has 0 unspecified atom stereocenters. The van der Waals surface area contributed by atoms with Crippen LogP contribution in [-0.2, 0) is 9.53 Å². The number of hydrogen-bond donors (Lipinski definition) is 1. The molecule has 0 saturated heterocycles. The van der Waals surface area contributed by atoms with Crippen LogP contribution in [0, 0.1) is 10.2 Å². The van der Waals surface area contributed by atoms with E-state index in [0.29, 0.717) is 0 Å². The Bertz CT molecular complexity index is 333. The van der Waals surface area contributed by atoms with Crippen LogP contribution in [0.2, 0.25) is 0 Å². The lowest BCUT2D eigenvalue weighted by molar-refractivity contribution is -2.00. The molecule has 0 aliphatic heterocycles. The van der Waals surface area contributed by atoms with Gasteiger partial charge in [-0.25, -0.2) is 23.4 Å². The number of hydrogen-bond acceptors (Lipinski definition) is 6. The minimum absolute atomic E-state index is 0.304. The Kier molecular flexibility index (Phi) is 6.66. The molecule has 0 aliphatic rings. The molecule has 0 amide bonds. The number of quaternary nitrogens is 1. The summed E-state index contributed by atoms with van der Waals surface area (Å²) >= 11 is 0. The van der Waals surface area contributed by atoms with E-state index in [9.17, 15) is 4.79 Å². The second-order valence-electron chi connectivity index (χ2n) is 2.86. The maximum Gasteiger partial charge on any atom is 0.369 e. The number of halogens is 1. The van der Waals surface area contributed by atoms with Crippen LogP contribution in [0.15, 0.2) is 30.3 Å². The van der Waals surface area contributed by atoms with E-state index in [-0.39, 0.29) is 5.97 Å². The lowest BCUT2D eigenvalue weighted by atomic mass is 10.1. The van der Waals surface area contributed by atoms with Crippen molar-refractivity contribution in [3.63, 3.8) is 0 Å². The molecule has 0 fully saturated rings. The highest BCUT2D eigenvalue weighted by molar-refractivity contribution is 5.75. The summed E-state index contributed by atoms with van der Waals surface area (Å²) in [5.41, 5.74) is 4.58. The second kappa shape index (κ2) is 7.17. The second-order valence-corrected chi connectivity index (χ2v) is 3.62. The minimum atomic E-state index is -4.94. The number of rotatable bonds is 2. The number of carbonyl (C=O) groups is 1. The molecule has 0 spiro atoms. The van der Waals surface area contributed by atoms with Gasteiger partial charge in [0.25, 0.3) is 0 Å². The first-order valence-electron chi connectivity index (χ1n) is 4.33. The van der Waals surface area contributed by atoms with E-state index >= 15 is 0 Å². The van der Waals surface area contributed by atoms with Crippen molar-refractivity contribution in [3.8, 4) is 0 Å². The van der Waals surface area contributed by atoms with Crippen LogP contribution in [0.1, 0.15) is 11.6 Å². The molecule has 8 heteroatoms. The molecule has 0 aromatic heterocycles. The highest BCUT2D eigenvalue weighted by Gasteiger charge is 2.18. The summed E-state index contributed by atoms with van der Waals surface area (Å²) in [6.07, 6.45) is 0. The molecule has 3 N–H and O–H groups in total. The van der Waals surface area contributed by atoms with Crippen LogP contribution in [0.4, 0.5) is 0 Å². The van der Waals surface area contributed by atoms with Gasteiger partial charge in [0.15, 0.2) is 0 Å². The van der Waals surface area contributed by atoms with Crippen LogP contribution in [-0.4, -0.2) is 13.1 Å². The van der Waals surface area contributed by atoms with Gasteiger partial charge in [-0.3, -0.25) is 0 Å². The highest BCUT2D eigenvalue weighted by Crippen LogP contribution is 2.08. The Balaban J connectivity index is 0.000000437. The predicted octanol–water partition coefficient (Wildman–Crippen LogP) is -4.61. The quantitative estimate of drug-likeness (QED) is 0.532. The Labute approximate surface area is 99.8 Å². The van der Waals surface area contributed by atoms with Crippen molar-refractivity contribution >= 4 is 5.97 Å². The van der Waals surface area contributed by atoms with Crippen LogP contribution in [0.3, 0.4) is 0 Å². The fourth-order valence-corrected chi connectivity index (χ4v) is 0.964. The van der Waals surface area contributed by atoms with Crippen molar-refractivity contribution in [1.82, 2.24) is 0 Å². The van der Waals surface area contributed by atoms with Crippen molar-refractivity contribution in [1.29, 1.82) is 0 Å². The number of benzene rings is 1. The fraction of sp³-hybridized carbons (Fsp3) is 0.222. The van der Waals surface area contributed by atoms with Crippen LogP contribution < -0.4 is 24.4 Å². The van der Waals surface area contributed by atoms with E-state index in [1.807, 2.05) is 30.3 Å². The number of esters is 1. The van der Waals surface area contributed by atoms with Crippen molar-refractivity contribution in [3.05, 3.63) is 35.9 Å². The summed E-state index contributed by atoms with van der Waals surface area (Å²) in [7, 11) is -3.58. The third-order valence-corrected chi connectivity index (χ3v) is 1.69. The van der Waals surface area contributed by atoms with Crippen LogP contribution in [0.5, 0.6) is 0 Å². The summed E-state index contributed by atoms with van der Waals surface area (Å²) in [5.74, 6) is -0.304. The molecule has 0 bridgehead atoms. The van der Waals surface area contributed by atoms with Gasteiger partial charge < -0.3 is 10.5 Å². The molecule has 0 heterocycles. The van der Waals surface area contributed by atoms with Gasteiger partial charge >= 0.3 is 5.97 Å². The maximum atomic E-state index is 11.0. The van der Waals surface area contributed by atoms with Gasteiger partial charge in [-0.05, 0) is 0 Å². The molecule has 1 atom stereocenters. The lowest BCUT2D eigenvalue weighted by Crippen LogP contribution is -2.68. The topological polar surface area (TPSA) is 146 Å². The Morgan fingerprint density at radius 2 is 1.65 bits per heavy atom. The molecule has 0 saturated carbocycles. The zero-order valence-corrected chi connectivity index (χ0v) is 9.75. The van der Waals surface area contributed by atoms with Crippen LogP contribution >= 0.6 is 0 Å². The molecule has 96 valence electrons. The molecular formula is C9H12ClNO6. The Morgan fingerprint density at radius 3 is 2.00 bits per heavy atom. The smallest absolute Gasteiger partial charge is 0.369 e. The third kappa shape index (κ3) is 8.57. The van der Waals surface area contributed by atoms with Gasteiger partial charge in [0.1, 0.15) is 0 Å². The Hall–Kier alpha value is -1.22. The van der Waals surface area contributed by atoms with Gasteiger partial charge in [-0.2, -0.15) is 0 Å². The summed E-state index contributed by atoms with van der Waals surface area (Å²) in [6.45, 7) is 0. The molecule has 0 aliphatic carbocycles. The van der Waals surface area contributed by atoms with Crippen molar-refractivity contribution in [2.75, 3.05) is 7.11 Å². The van der Waals surface area contributed by atoms with E-state index in [0.717, 1.165) is 5.56 Å². The number of carbonyl (C=O) groups excluding carboxylic acids is 1. The SMILES string of the molecule is COC(=O)[C@@H]([NH3+])c1ccccc1.[O-][Cl+3]([O-])([O-])[O-]. The predicted molar refractivity (Wildman–Crippen MR) is 44.1 cm³/mol. The van der Waals surface area contributed by atoms with E-state index in [2.05, 4.69) is 10.5 Å². The van der Waals surface area contributed by atoms with Gasteiger partial charge in [-0.15, -0.1) is 10.2 Å². The summed E-state index contributed by atoms with van der Waals surface area (Å²) in [6, 6.07) is 8.93. The third-order valence-electron chi connectivity index (χ3n) is 1.69. The van der Waals surface area contributed by atoms with Gasteiger partial charge in [0.2, 0.25) is 6.04 Å². The Morgan fingerprint density at radius 1 is 1.24 bits per heavy atom. The van der Waals surface area contributed by atoms with Crippen molar-refractivity contribution < 1.29 is 44.1 Å². The lowest BCUT2D eigenvalue weighted by Gasteiger charge is -2.17. The zero-order valence-electron chi connectivity index (χ0n) is 9.00. The molecule has 1 aromatic carbocycles. The first-order valence-corrected chi connectivity index (χ1v) is 5.56. The first kappa shape index (κ1) is 15.8. The number of ether oxygens (including phenoxy) is 1. The van der Waals surface area contributed by atoms with Crippen molar-refractivity contribution in [2.24, 2.45) is 0 Å². The largest absolute Gasteiger partial charge is 0.464 e. The minimum Gasteiger partial charge on any atom is -0.464 e. The molecular weight excluding hydrogens is 254 g/mol. The van der Waals surface area contributed by atoms with Crippen LogP contribution in [0.25, 0.3) is 0 Å². The van der Waals surface area contributed by atoms with E-state index in [4.69, 9.17) is 18.6 Å². The number of methoxy groups -OCH3 is 1. The average molecular weight is 266 g/mol. The van der Waals surface area contributed by atoms with E-state index in [1.54, 1.807) is 0 Å². The average Bonchev–Trinajstić information content (AvgIpc) is 2.26. The van der Waals surface area contributed by atoms with Gasteiger partial charge in [0, 0.05) is 5.56 Å². The van der Waals surface area contributed by atoms with E-state index in [1.165, 1.54) is 7.11 Å². The molecule has 17 heavy (non-hydrogen) atoms. The van der Waals surface area contributed by atoms with Gasteiger partial charge in [-0.1, -0.05) is 30.3 Å². The van der Waals surface area contributed by atoms with Gasteiger partial charge in [0.05, 0.1) is 7.11 Å². The molecule has 1 rings (SSSR count). The standard InChI is InChI=1S/C9H11NO2.ClHO4/c1-12-9(11)8(10)7-5-3-2-4-6-7;2-1(3,4)5/h2-6,8H,10H2,1H3;(H,2,3,4,5)/t8-;/m0./s1.